The van der Waals surface area contributed by atoms with Crippen molar-refractivity contribution >= 4 is 6.03 Å². The molecule has 1 aliphatic rings. The van der Waals surface area contributed by atoms with Crippen molar-refractivity contribution in [1.29, 1.82) is 0 Å². The number of urea groups is 1. The Hall–Kier alpha value is -1.51. The smallest absolute Gasteiger partial charge is 0.314 e. The van der Waals surface area contributed by atoms with E-state index in [4.69, 9.17) is 5.73 Å². The number of likely N-dealkylation sites (N-methyl/N-ethyl adjacent to an activating group) is 1. The fourth-order valence-corrected chi connectivity index (χ4v) is 2.19. The number of carbonyl (C=O) groups excluding carboxylic acids is 1. The first-order valence-corrected chi connectivity index (χ1v) is 5.27. The van der Waals surface area contributed by atoms with Crippen LogP contribution in [0.2, 0.25) is 0 Å². The summed E-state index contributed by atoms with van der Waals surface area (Å²) in [5, 5.41) is 0. The second-order valence-electron chi connectivity index (χ2n) is 4.11. The molecular formula is C12H16N2O. The third kappa shape index (κ3) is 1.96. The van der Waals surface area contributed by atoms with Gasteiger partial charge in [-0.2, -0.15) is 0 Å². The Kier molecular flexibility index (Phi) is 2.62. The predicted molar refractivity (Wildman–Crippen MR) is 59.6 cm³/mol. The summed E-state index contributed by atoms with van der Waals surface area (Å²) in [5.41, 5.74) is 8.03. The molecule has 1 aliphatic carbocycles. The van der Waals surface area contributed by atoms with Gasteiger partial charge >= 0.3 is 6.03 Å². The Balaban J connectivity index is 2.15. The lowest BCUT2D eigenvalue weighted by molar-refractivity contribution is 0.194. The highest BCUT2D eigenvalue weighted by molar-refractivity contribution is 5.72. The van der Waals surface area contributed by atoms with Crippen LogP contribution in [0.15, 0.2) is 24.3 Å². The van der Waals surface area contributed by atoms with E-state index in [-0.39, 0.29) is 12.1 Å². The second kappa shape index (κ2) is 3.93. The van der Waals surface area contributed by atoms with Crippen LogP contribution < -0.4 is 5.73 Å². The molecule has 1 aromatic rings. The number of carbonyl (C=O) groups is 1. The van der Waals surface area contributed by atoms with Crippen LogP contribution in [0.1, 0.15) is 17.5 Å². The molecule has 0 aromatic heterocycles. The summed E-state index contributed by atoms with van der Waals surface area (Å²) in [7, 11) is 1.78. The van der Waals surface area contributed by atoms with Gasteiger partial charge in [-0.05, 0) is 30.4 Å². The number of primary amides is 1. The highest BCUT2D eigenvalue weighted by Gasteiger charge is 2.23. The van der Waals surface area contributed by atoms with E-state index in [9.17, 15) is 4.79 Å². The molecule has 3 nitrogen and oxygen atoms in total. The van der Waals surface area contributed by atoms with E-state index in [1.165, 1.54) is 11.1 Å². The first kappa shape index (κ1) is 10.0. The number of nitrogens with two attached hydrogens (primary N) is 1. The Bertz CT molecular complexity index is 376. The summed E-state index contributed by atoms with van der Waals surface area (Å²) in [5.74, 6) is 0. The monoisotopic (exact) mass is 204 g/mol. The molecule has 0 spiro atoms. The van der Waals surface area contributed by atoms with Gasteiger partial charge in [0.2, 0.25) is 0 Å². The van der Waals surface area contributed by atoms with Crippen molar-refractivity contribution in [3.8, 4) is 0 Å². The van der Waals surface area contributed by atoms with Crippen LogP contribution in [0.25, 0.3) is 0 Å². The minimum atomic E-state index is -0.334. The van der Waals surface area contributed by atoms with Crippen molar-refractivity contribution in [2.75, 3.05) is 7.05 Å². The van der Waals surface area contributed by atoms with E-state index < -0.39 is 0 Å². The molecule has 2 rings (SSSR count). The van der Waals surface area contributed by atoms with Crippen molar-refractivity contribution in [3.63, 3.8) is 0 Å². The third-order valence-electron chi connectivity index (χ3n) is 3.22. The molecule has 0 saturated carbocycles. The van der Waals surface area contributed by atoms with E-state index in [0.29, 0.717) is 0 Å². The molecule has 80 valence electrons. The van der Waals surface area contributed by atoms with E-state index in [2.05, 4.69) is 18.2 Å². The standard InChI is InChI=1S/C12H16N2O/c1-14(12(13)15)11-7-6-9-4-2-3-5-10(9)8-11/h2-5,11H,6-8H2,1H3,(H2,13,15). The summed E-state index contributed by atoms with van der Waals surface area (Å²) in [4.78, 5) is 12.7. The quantitative estimate of drug-likeness (QED) is 0.741. The number of aryl methyl sites for hydroxylation is 1. The lowest BCUT2D eigenvalue weighted by Gasteiger charge is -2.31. The summed E-state index contributed by atoms with van der Waals surface area (Å²) < 4.78 is 0. The maximum Gasteiger partial charge on any atom is 0.314 e. The number of hydrogen-bond donors (Lipinski definition) is 1. The molecule has 2 N–H and O–H groups in total. The van der Waals surface area contributed by atoms with Crippen LogP contribution in [0, 0.1) is 0 Å². The molecule has 1 aromatic carbocycles. The minimum absolute atomic E-state index is 0.261. The van der Waals surface area contributed by atoms with Crippen molar-refractivity contribution in [1.82, 2.24) is 4.90 Å². The summed E-state index contributed by atoms with van der Waals surface area (Å²) in [6.07, 6.45) is 2.98. The van der Waals surface area contributed by atoms with Crippen LogP contribution in [0.5, 0.6) is 0 Å². The molecule has 15 heavy (non-hydrogen) atoms. The van der Waals surface area contributed by atoms with Gasteiger partial charge in [0.15, 0.2) is 0 Å². The van der Waals surface area contributed by atoms with Gasteiger partial charge in [-0.25, -0.2) is 4.79 Å². The zero-order valence-corrected chi connectivity index (χ0v) is 8.94. The van der Waals surface area contributed by atoms with Gasteiger partial charge in [-0.1, -0.05) is 24.3 Å². The van der Waals surface area contributed by atoms with Gasteiger partial charge in [-0.3, -0.25) is 0 Å². The molecule has 0 radical (unpaired) electrons. The van der Waals surface area contributed by atoms with Crippen LogP contribution in [0.3, 0.4) is 0 Å². The summed E-state index contributed by atoms with van der Waals surface area (Å²) in [6.45, 7) is 0. The van der Waals surface area contributed by atoms with Crippen LogP contribution in [-0.2, 0) is 12.8 Å². The first-order chi connectivity index (χ1) is 7.18. The SMILES string of the molecule is CN(C(N)=O)C1CCc2ccccc2C1. The fourth-order valence-electron chi connectivity index (χ4n) is 2.19. The number of amides is 2. The molecule has 0 aliphatic heterocycles. The van der Waals surface area contributed by atoms with Gasteiger partial charge in [0.05, 0.1) is 0 Å². The maximum absolute atomic E-state index is 11.1. The average Bonchev–Trinajstić information content (AvgIpc) is 2.27. The predicted octanol–water partition coefficient (Wildman–Crippen LogP) is 1.55. The molecule has 2 amide bonds. The largest absolute Gasteiger partial charge is 0.351 e. The van der Waals surface area contributed by atoms with Crippen LogP contribution in [0.4, 0.5) is 4.79 Å². The second-order valence-corrected chi connectivity index (χ2v) is 4.11. The summed E-state index contributed by atoms with van der Waals surface area (Å²) in [6, 6.07) is 8.34. The number of benzene rings is 1. The van der Waals surface area contributed by atoms with Gasteiger partial charge in [0.1, 0.15) is 0 Å². The topological polar surface area (TPSA) is 46.3 Å². The molecule has 0 bridgehead atoms. The van der Waals surface area contributed by atoms with Crippen LogP contribution in [-0.4, -0.2) is 24.0 Å². The van der Waals surface area contributed by atoms with Crippen molar-refractivity contribution in [3.05, 3.63) is 35.4 Å². The molecule has 0 fully saturated rings. The zero-order valence-electron chi connectivity index (χ0n) is 8.94. The molecule has 3 heteroatoms. The third-order valence-corrected chi connectivity index (χ3v) is 3.22. The van der Waals surface area contributed by atoms with Gasteiger partial charge in [0, 0.05) is 13.1 Å². The molecule has 1 atom stereocenters. The van der Waals surface area contributed by atoms with E-state index in [0.717, 1.165) is 19.3 Å². The maximum atomic E-state index is 11.1. The minimum Gasteiger partial charge on any atom is -0.351 e. The Morgan fingerprint density at radius 3 is 2.73 bits per heavy atom. The Morgan fingerprint density at radius 2 is 2.07 bits per heavy atom. The normalized spacial score (nSPS) is 19.4. The number of fused-ring (bicyclic) bond motifs is 1. The van der Waals surface area contributed by atoms with E-state index >= 15 is 0 Å². The summed E-state index contributed by atoms with van der Waals surface area (Å²) >= 11 is 0. The van der Waals surface area contributed by atoms with Gasteiger partial charge in [0.25, 0.3) is 0 Å². The lowest BCUT2D eigenvalue weighted by atomic mass is 9.88. The van der Waals surface area contributed by atoms with Crippen molar-refractivity contribution in [2.45, 2.75) is 25.3 Å². The highest BCUT2D eigenvalue weighted by Crippen LogP contribution is 2.23. The highest BCUT2D eigenvalue weighted by atomic mass is 16.2. The van der Waals surface area contributed by atoms with E-state index in [1.54, 1.807) is 11.9 Å². The van der Waals surface area contributed by atoms with Crippen LogP contribution >= 0.6 is 0 Å². The number of rotatable bonds is 1. The van der Waals surface area contributed by atoms with Crippen molar-refractivity contribution < 1.29 is 4.79 Å². The molecule has 1 unspecified atom stereocenters. The Morgan fingerprint density at radius 1 is 1.40 bits per heavy atom. The number of nitrogens with zero attached hydrogens (tertiary/aromatic N) is 1. The molecule has 0 heterocycles. The first-order valence-electron chi connectivity index (χ1n) is 5.27. The van der Waals surface area contributed by atoms with E-state index in [1.807, 2.05) is 6.07 Å². The molecule has 0 saturated heterocycles. The lowest BCUT2D eigenvalue weighted by Crippen LogP contribution is -2.43. The number of hydrogen-bond acceptors (Lipinski definition) is 1. The van der Waals surface area contributed by atoms with Gasteiger partial charge < -0.3 is 10.6 Å². The van der Waals surface area contributed by atoms with Crippen molar-refractivity contribution in [2.24, 2.45) is 5.73 Å². The average molecular weight is 204 g/mol. The molecular weight excluding hydrogens is 188 g/mol. The van der Waals surface area contributed by atoms with Gasteiger partial charge in [-0.15, -0.1) is 0 Å². The zero-order chi connectivity index (χ0) is 10.8. The Labute approximate surface area is 89.9 Å². The fraction of sp³-hybridized carbons (Fsp3) is 0.417.